The van der Waals surface area contributed by atoms with Gasteiger partial charge in [0.1, 0.15) is 0 Å². The molecule has 0 radical (unpaired) electrons. The number of rotatable bonds is 1. The van der Waals surface area contributed by atoms with Crippen LogP contribution in [0.3, 0.4) is 0 Å². The van der Waals surface area contributed by atoms with Gasteiger partial charge in [-0.15, -0.1) is 0 Å². The molecule has 1 aromatic heterocycles. The van der Waals surface area contributed by atoms with E-state index in [-0.39, 0.29) is 5.41 Å². The van der Waals surface area contributed by atoms with Crippen LogP contribution in [0.5, 0.6) is 0 Å². The molecule has 0 bridgehead atoms. The van der Waals surface area contributed by atoms with E-state index in [2.05, 4.69) is 18.8 Å². The van der Waals surface area contributed by atoms with Crippen molar-refractivity contribution < 1.29 is 9.90 Å². The van der Waals surface area contributed by atoms with Gasteiger partial charge in [0, 0.05) is 11.1 Å². The molecule has 1 aliphatic carbocycles. The molecule has 0 aromatic carbocycles. The lowest BCUT2D eigenvalue weighted by Gasteiger charge is -2.18. The maximum atomic E-state index is 10.9. The number of carboxylic acid groups (broad SMARTS) is 1. The molecule has 15 heavy (non-hydrogen) atoms. The van der Waals surface area contributed by atoms with E-state index >= 15 is 0 Å². The highest BCUT2D eigenvalue weighted by Crippen LogP contribution is 2.37. The molecule has 1 N–H and O–H groups in total. The minimum atomic E-state index is -0.882. The molecule has 0 unspecified atom stereocenters. The van der Waals surface area contributed by atoms with E-state index in [1.54, 1.807) is 13.0 Å². The first kappa shape index (κ1) is 10.1. The summed E-state index contributed by atoms with van der Waals surface area (Å²) < 4.78 is 0. The van der Waals surface area contributed by atoms with Crippen LogP contribution in [0.4, 0.5) is 0 Å². The Labute approximate surface area is 89.2 Å². The summed E-state index contributed by atoms with van der Waals surface area (Å²) >= 11 is 0. The molecule has 80 valence electrons. The van der Waals surface area contributed by atoms with Gasteiger partial charge in [0.25, 0.3) is 0 Å². The van der Waals surface area contributed by atoms with Crippen LogP contribution in [0.1, 0.15) is 47.6 Å². The lowest BCUT2D eigenvalue weighted by atomic mass is 9.90. The third kappa shape index (κ3) is 1.52. The summed E-state index contributed by atoms with van der Waals surface area (Å²) in [4.78, 5) is 15.4. The van der Waals surface area contributed by atoms with Crippen LogP contribution in [-0.4, -0.2) is 16.1 Å². The standard InChI is InChI=1S/C12H15NO2/c1-7-9(11(14)15)6-8-4-5-12(2,3)10(8)13-7/h6H,4-5H2,1-3H3,(H,14,15). The lowest BCUT2D eigenvalue weighted by Crippen LogP contribution is -2.15. The minimum absolute atomic E-state index is 0.0944. The molecular formula is C12H15NO2. The number of aromatic carboxylic acids is 1. The Kier molecular flexibility index (Phi) is 2.07. The molecular weight excluding hydrogens is 190 g/mol. The molecule has 0 spiro atoms. The summed E-state index contributed by atoms with van der Waals surface area (Å²) in [6.07, 6.45) is 1.99. The van der Waals surface area contributed by atoms with E-state index in [1.807, 2.05) is 0 Å². The van der Waals surface area contributed by atoms with Gasteiger partial charge < -0.3 is 5.11 Å². The molecule has 0 aliphatic heterocycles. The van der Waals surface area contributed by atoms with Gasteiger partial charge in [-0.25, -0.2) is 4.79 Å². The summed E-state index contributed by atoms with van der Waals surface area (Å²) in [5.74, 6) is -0.882. The highest BCUT2D eigenvalue weighted by Gasteiger charge is 2.32. The molecule has 1 heterocycles. The summed E-state index contributed by atoms with van der Waals surface area (Å²) in [5, 5.41) is 8.99. The number of hydrogen-bond donors (Lipinski definition) is 1. The first-order chi connectivity index (χ1) is 6.92. The average molecular weight is 205 g/mol. The summed E-state index contributed by atoms with van der Waals surface area (Å²) in [5.41, 5.74) is 3.23. The highest BCUT2D eigenvalue weighted by atomic mass is 16.4. The summed E-state index contributed by atoms with van der Waals surface area (Å²) in [7, 11) is 0. The third-order valence-electron chi connectivity index (χ3n) is 3.18. The Morgan fingerprint density at radius 1 is 1.53 bits per heavy atom. The van der Waals surface area contributed by atoms with Crippen molar-refractivity contribution in [2.24, 2.45) is 0 Å². The van der Waals surface area contributed by atoms with Crippen molar-refractivity contribution in [1.82, 2.24) is 4.98 Å². The van der Waals surface area contributed by atoms with Gasteiger partial charge in [0.2, 0.25) is 0 Å². The van der Waals surface area contributed by atoms with Gasteiger partial charge in [-0.05, 0) is 31.4 Å². The van der Waals surface area contributed by atoms with E-state index in [4.69, 9.17) is 5.11 Å². The normalized spacial score (nSPS) is 17.5. The summed E-state index contributed by atoms with van der Waals surface area (Å²) in [6, 6.07) is 1.79. The molecule has 0 fully saturated rings. The zero-order valence-electron chi connectivity index (χ0n) is 9.29. The molecule has 0 saturated carbocycles. The number of carbonyl (C=O) groups is 1. The second-order valence-corrected chi connectivity index (χ2v) is 4.82. The van der Waals surface area contributed by atoms with Gasteiger partial charge in [-0.1, -0.05) is 13.8 Å². The van der Waals surface area contributed by atoms with Crippen LogP contribution in [0, 0.1) is 6.92 Å². The monoisotopic (exact) mass is 205 g/mol. The van der Waals surface area contributed by atoms with Crippen molar-refractivity contribution in [3.63, 3.8) is 0 Å². The predicted octanol–water partition coefficient (Wildman–Crippen LogP) is 2.31. The van der Waals surface area contributed by atoms with Crippen LogP contribution in [-0.2, 0) is 11.8 Å². The van der Waals surface area contributed by atoms with E-state index in [0.29, 0.717) is 11.3 Å². The average Bonchev–Trinajstić information content (AvgIpc) is 2.41. The van der Waals surface area contributed by atoms with E-state index in [1.165, 1.54) is 0 Å². The van der Waals surface area contributed by atoms with Gasteiger partial charge in [0.15, 0.2) is 0 Å². The van der Waals surface area contributed by atoms with Crippen LogP contribution >= 0.6 is 0 Å². The number of aromatic nitrogens is 1. The van der Waals surface area contributed by atoms with E-state index in [9.17, 15) is 4.79 Å². The zero-order valence-corrected chi connectivity index (χ0v) is 9.29. The minimum Gasteiger partial charge on any atom is -0.478 e. The van der Waals surface area contributed by atoms with E-state index in [0.717, 1.165) is 24.1 Å². The molecule has 0 atom stereocenters. The summed E-state index contributed by atoms with van der Waals surface area (Å²) in [6.45, 7) is 6.08. The van der Waals surface area contributed by atoms with Crippen molar-refractivity contribution in [2.75, 3.05) is 0 Å². The number of nitrogens with zero attached hydrogens (tertiary/aromatic N) is 1. The van der Waals surface area contributed by atoms with Gasteiger partial charge in [-0.3, -0.25) is 4.98 Å². The van der Waals surface area contributed by atoms with Crippen LogP contribution < -0.4 is 0 Å². The fraction of sp³-hybridized carbons (Fsp3) is 0.500. The predicted molar refractivity (Wildman–Crippen MR) is 57.3 cm³/mol. The third-order valence-corrected chi connectivity index (χ3v) is 3.18. The fourth-order valence-corrected chi connectivity index (χ4v) is 2.21. The number of aryl methyl sites for hydroxylation is 2. The Bertz CT molecular complexity index is 435. The SMILES string of the molecule is Cc1nc2c(cc1C(=O)O)CCC2(C)C. The van der Waals surface area contributed by atoms with Crippen LogP contribution in [0.15, 0.2) is 6.07 Å². The fourth-order valence-electron chi connectivity index (χ4n) is 2.21. The Hall–Kier alpha value is -1.38. The zero-order chi connectivity index (χ0) is 11.2. The van der Waals surface area contributed by atoms with Crippen molar-refractivity contribution in [2.45, 2.75) is 39.0 Å². The molecule has 1 aromatic rings. The van der Waals surface area contributed by atoms with Gasteiger partial charge >= 0.3 is 5.97 Å². The van der Waals surface area contributed by atoms with Crippen LogP contribution in [0.25, 0.3) is 0 Å². The highest BCUT2D eigenvalue weighted by molar-refractivity contribution is 5.89. The maximum Gasteiger partial charge on any atom is 0.337 e. The van der Waals surface area contributed by atoms with Crippen LogP contribution in [0.2, 0.25) is 0 Å². The topological polar surface area (TPSA) is 50.2 Å². The Balaban J connectivity index is 2.60. The molecule has 2 rings (SSSR count). The largest absolute Gasteiger partial charge is 0.478 e. The number of fused-ring (bicyclic) bond motifs is 1. The Morgan fingerprint density at radius 2 is 2.20 bits per heavy atom. The second-order valence-electron chi connectivity index (χ2n) is 4.82. The molecule has 0 amide bonds. The van der Waals surface area contributed by atoms with Crippen molar-refractivity contribution >= 4 is 5.97 Å². The van der Waals surface area contributed by atoms with Gasteiger partial charge in [-0.2, -0.15) is 0 Å². The molecule has 3 heteroatoms. The van der Waals surface area contributed by atoms with Crippen molar-refractivity contribution in [3.8, 4) is 0 Å². The lowest BCUT2D eigenvalue weighted by molar-refractivity contribution is 0.0695. The Morgan fingerprint density at radius 3 is 2.80 bits per heavy atom. The second kappa shape index (κ2) is 3.05. The number of carboxylic acids is 1. The first-order valence-corrected chi connectivity index (χ1v) is 5.16. The maximum absolute atomic E-state index is 10.9. The molecule has 1 aliphatic rings. The van der Waals surface area contributed by atoms with E-state index < -0.39 is 5.97 Å². The number of pyridine rings is 1. The van der Waals surface area contributed by atoms with Crippen molar-refractivity contribution in [1.29, 1.82) is 0 Å². The van der Waals surface area contributed by atoms with Gasteiger partial charge in [0.05, 0.1) is 11.3 Å². The number of hydrogen-bond acceptors (Lipinski definition) is 2. The molecule has 3 nitrogen and oxygen atoms in total. The van der Waals surface area contributed by atoms with Crippen molar-refractivity contribution in [3.05, 3.63) is 28.6 Å². The quantitative estimate of drug-likeness (QED) is 0.765. The smallest absolute Gasteiger partial charge is 0.337 e. The molecule has 0 saturated heterocycles. The first-order valence-electron chi connectivity index (χ1n) is 5.16.